The molecule has 0 bridgehead atoms. The minimum Gasteiger partial charge on any atom is -0.496 e. The van der Waals surface area contributed by atoms with Crippen LogP contribution in [0.4, 0.5) is 11.4 Å². The average Bonchev–Trinajstić information content (AvgIpc) is 3.92. The number of hydrogen-bond donors (Lipinski definition) is 2. The molecule has 3 aliphatic heterocycles. The Kier molecular flexibility index (Phi) is 15.7. The summed E-state index contributed by atoms with van der Waals surface area (Å²) < 4.78 is 68.7. The fraction of sp³-hybridized carbons (Fsp3) is 0.309. The predicted molar refractivity (Wildman–Crippen MR) is 283 cm³/mol. The van der Waals surface area contributed by atoms with E-state index in [-0.39, 0.29) is 33.7 Å². The molecule has 2 amide bonds. The number of nitrogens with zero attached hydrogens (tertiary/aromatic N) is 6. The first kappa shape index (κ1) is 51.0. The summed E-state index contributed by atoms with van der Waals surface area (Å²) in [7, 11) is -6.03. The first-order valence-electron chi connectivity index (χ1n) is 24.5. The lowest BCUT2D eigenvalue weighted by Gasteiger charge is -2.40. The Morgan fingerprint density at radius 3 is 1.60 bits per heavy atom. The standard InChI is InChI=1S/C29H30N4O4S.C26H30N4O4S/c1-21-19-32(20-24-7-3-4-10-26(24)37-2)17-18-33(21)29(34)23-12-14-25(15-13-23)31-38(35,36)27-11-5-8-22-9-6-16-30-28(22)27;1-19-17-29(18-23-7-4-16-34-23)14-15-30(19)26(31)21-9-11-22(12-10-21)28-35(32,33)24-8-2-5-20-6-3-13-27-25(20)24/h3-16,21,31H,17-20H2,1-2H3;2-3,5-6,8-13,19,23,28H,4,7,14-18H2,1H3/t;19-,23?/m.0/s1. The molecule has 18 heteroatoms. The first-order chi connectivity index (χ1) is 35.3. The fourth-order valence-corrected chi connectivity index (χ4v) is 12.3. The van der Waals surface area contributed by atoms with Crippen molar-refractivity contribution in [1.29, 1.82) is 0 Å². The normalized spacial score (nSPS) is 18.8. The van der Waals surface area contributed by atoms with E-state index in [1.54, 1.807) is 92.3 Å². The molecule has 5 heterocycles. The van der Waals surface area contributed by atoms with Crippen molar-refractivity contribution in [2.24, 2.45) is 0 Å². The number of piperazine rings is 2. The molecule has 0 saturated carbocycles. The number of fused-ring (bicyclic) bond motifs is 2. The highest BCUT2D eigenvalue weighted by Crippen LogP contribution is 2.27. The van der Waals surface area contributed by atoms with E-state index in [9.17, 15) is 26.4 Å². The number of benzene rings is 5. The zero-order valence-electron chi connectivity index (χ0n) is 41.1. The summed E-state index contributed by atoms with van der Waals surface area (Å²) in [6, 6.07) is 38.6. The van der Waals surface area contributed by atoms with Crippen LogP contribution in [0.1, 0.15) is 53.0 Å². The van der Waals surface area contributed by atoms with Crippen molar-refractivity contribution in [3.63, 3.8) is 0 Å². The van der Waals surface area contributed by atoms with Crippen LogP contribution >= 0.6 is 0 Å². The molecule has 16 nitrogen and oxygen atoms in total. The summed E-state index contributed by atoms with van der Waals surface area (Å²) in [6.45, 7) is 11.1. The van der Waals surface area contributed by atoms with Crippen LogP contribution in [-0.4, -0.2) is 136 Å². The quantitative estimate of drug-likeness (QED) is 0.115. The van der Waals surface area contributed by atoms with Crippen LogP contribution in [-0.2, 0) is 31.3 Å². The lowest BCUT2D eigenvalue weighted by atomic mass is 10.1. The van der Waals surface area contributed by atoms with Crippen LogP contribution in [0.5, 0.6) is 5.75 Å². The van der Waals surface area contributed by atoms with Gasteiger partial charge in [-0.15, -0.1) is 0 Å². The monoisotopic (exact) mass is 1020 g/mol. The summed E-state index contributed by atoms with van der Waals surface area (Å²) in [5.41, 5.74) is 3.78. The van der Waals surface area contributed by atoms with E-state index in [1.807, 2.05) is 59.2 Å². The number of para-hydroxylation sites is 3. The van der Waals surface area contributed by atoms with Gasteiger partial charge in [-0.3, -0.25) is 38.8 Å². The van der Waals surface area contributed by atoms with Crippen molar-refractivity contribution in [3.05, 3.63) is 163 Å². The van der Waals surface area contributed by atoms with Crippen LogP contribution in [0.25, 0.3) is 21.8 Å². The van der Waals surface area contributed by atoms with Gasteiger partial charge < -0.3 is 19.3 Å². The topological polar surface area (TPSA) is 184 Å². The number of rotatable bonds is 13. The highest BCUT2D eigenvalue weighted by Gasteiger charge is 2.31. The highest BCUT2D eigenvalue weighted by molar-refractivity contribution is 7.93. The molecule has 3 saturated heterocycles. The first-order valence-corrected chi connectivity index (χ1v) is 27.5. The fourth-order valence-electron chi connectivity index (χ4n) is 9.83. The minimum absolute atomic E-state index is 0.0306. The Morgan fingerprint density at radius 2 is 1.11 bits per heavy atom. The van der Waals surface area contributed by atoms with Crippen molar-refractivity contribution >= 4 is 65.0 Å². The van der Waals surface area contributed by atoms with Crippen LogP contribution < -0.4 is 14.2 Å². The van der Waals surface area contributed by atoms with Gasteiger partial charge in [-0.1, -0.05) is 54.6 Å². The Bertz CT molecular complexity index is 3290. The molecule has 73 heavy (non-hydrogen) atoms. The number of sulfonamides is 2. The molecule has 3 fully saturated rings. The summed E-state index contributed by atoms with van der Waals surface area (Å²) in [5, 5.41) is 1.50. The molecule has 0 aliphatic carbocycles. The van der Waals surface area contributed by atoms with Crippen LogP contribution in [0.3, 0.4) is 0 Å². The molecule has 10 rings (SSSR count). The zero-order chi connectivity index (χ0) is 51.1. The van der Waals surface area contributed by atoms with Gasteiger partial charge in [-0.2, -0.15) is 0 Å². The van der Waals surface area contributed by atoms with Crippen molar-refractivity contribution in [2.45, 2.75) is 61.2 Å². The van der Waals surface area contributed by atoms with Gasteiger partial charge in [0.15, 0.2) is 0 Å². The predicted octanol–water partition coefficient (Wildman–Crippen LogP) is 7.75. The van der Waals surface area contributed by atoms with Crippen LogP contribution in [0.2, 0.25) is 0 Å². The number of nitrogens with one attached hydrogen (secondary N) is 2. The van der Waals surface area contributed by atoms with Gasteiger partial charge in [-0.25, -0.2) is 16.8 Å². The molecule has 5 aromatic carbocycles. The Morgan fingerprint density at radius 1 is 0.616 bits per heavy atom. The molecule has 0 spiro atoms. The molecule has 2 aromatic heterocycles. The Hall–Kier alpha value is -6.96. The lowest BCUT2D eigenvalue weighted by Crippen LogP contribution is -2.55. The number of carbonyl (C=O) groups excluding carboxylic acids is 2. The molecule has 2 N–H and O–H groups in total. The summed E-state index contributed by atoms with van der Waals surface area (Å²) in [6.07, 6.45) is 5.70. The van der Waals surface area contributed by atoms with Gasteiger partial charge in [0.1, 0.15) is 15.5 Å². The van der Waals surface area contributed by atoms with Gasteiger partial charge in [-0.05, 0) is 106 Å². The third kappa shape index (κ3) is 12.0. The Balaban J connectivity index is 0.000000180. The van der Waals surface area contributed by atoms with E-state index in [0.717, 1.165) is 80.8 Å². The Labute approximate surface area is 427 Å². The summed E-state index contributed by atoms with van der Waals surface area (Å²) >= 11 is 0. The van der Waals surface area contributed by atoms with Crippen LogP contribution in [0.15, 0.2) is 156 Å². The maximum absolute atomic E-state index is 13.3. The van der Waals surface area contributed by atoms with E-state index >= 15 is 0 Å². The SMILES string of the molecule is COc1ccccc1CN1CCN(C(=O)c2ccc(NS(=O)(=O)c3cccc4cccnc34)cc2)C(C)C1.C[C@H]1CN(CC2CCCO2)CCN1C(=O)c1ccc(NS(=O)(=O)c2cccc3cccnc23)cc1. The minimum atomic E-state index is -3.86. The van der Waals surface area contributed by atoms with Gasteiger partial charge in [0.25, 0.3) is 31.9 Å². The van der Waals surface area contributed by atoms with Crippen molar-refractivity contribution in [3.8, 4) is 5.75 Å². The molecule has 3 aliphatic rings. The summed E-state index contributed by atoms with van der Waals surface area (Å²) in [5.74, 6) is 0.759. The highest BCUT2D eigenvalue weighted by atomic mass is 32.2. The van der Waals surface area contributed by atoms with E-state index in [0.29, 0.717) is 52.7 Å². The number of carbonyl (C=O) groups is 2. The largest absolute Gasteiger partial charge is 0.496 e. The van der Waals surface area contributed by atoms with Gasteiger partial charge in [0.05, 0.1) is 24.2 Å². The molecule has 380 valence electrons. The van der Waals surface area contributed by atoms with Crippen molar-refractivity contribution in [1.82, 2.24) is 29.6 Å². The number of hydrogen-bond acceptors (Lipinski definition) is 12. The number of aromatic nitrogens is 2. The second kappa shape index (κ2) is 22.4. The van der Waals surface area contributed by atoms with E-state index in [1.165, 1.54) is 12.1 Å². The van der Waals surface area contributed by atoms with Crippen molar-refractivity contribution in [2.75, 3.05) is 69.0 Å². The van der Waals surface area contributed by atoms with E-state index in [4.69, 9.17) is 9.47 Å². The molecule has 3 atom stereocenters. The number of amides is 2. The molecule has 0 radical (unpaired) electrons. The molecular weight excluding hydrogens is 965 g/mol. The summed E-state index contributed by atoms with van der Waals surface area (Å²) in [4.78, 5) is 43.6. The van der Waals surface area contributed by atoms with Gasteiger partial charge in [0.2, 0.25) is 0 Å². The van der Waals surface area contributed by atoms with Crippen molar-refractivity contribution < 1.29 is 35.9 Å². The average molecular weight is 1030 g/mol. The molecular formula is C55H60N8O8S2. The number of pyridine rings is 2. The second-order valence-electron chi connectivity index (χ2n) is 18.7. The third-order valence-corrected chi connectivity index (χ3v) is 16.4. The van der Waals surface area contributed by atoms with Crippen LogP contribution in [0, 0.1) is 0 Å². The molecule has 2 unspecified atom stereocenters. The maximum atomic E-state index is 13.3. The van der Waals surface area contributed by atoms with E-state index in [2.05, 4.69) is 42.2 Å². The molecule has 7 aromatic rings. The van der Waals surface area contributed by atoms with Gasteiger partial charge >= 0.3 is 0 Å². The number of ether oxygens (including phenoxy) is 2. The van der Waals surface area contributed by atoms with Gasteiger partial charge in [0, 0.05) is 122 Å². The van der Waals surface area contributed by atoms with E-state index < -0.39 is 20.0 Å². The third-order valence-electron chi connectivity index (χ3n) is 13.6. The zero-order valence-corrected chi connectivity index (χ0v) is 42.8. The maximum Gasteiger partial charge on any atom is 0.264 e. The lowest BCUT2D eigenvalue weighted by molar-refractivity contribution is 0.0278. The smallest absolute Gasteiger partial charge is 0.264 e. The number of methoxy groups -OCH3 is 1. The second-order valence-corrected chi connectivity index (χ2v) is 22.0. The number of anilines is 2.